The zero-order chi connectivity index (χ0) is 23.8. The number of rotatable bonds is 10. The summed E-state index contributed by atoms with van der Waals surface area (Å²) in [5, 5.41) is 0.492. The zero-order valence-electron chi connectivity index (χ0n) is 19.3. The summed E-state index contributed by atoms with van der Waals surface area (Å²) < 4.78 is 5.68. The fourth-order valence-corrected chi connectivity index (χ4v) is 3.68. The van der Waals surface area contributed by atoms with Crippen LogP contribution in [0.1, 0.15) is 36.5 Å². The van der Waals surface area contributed by atoms with Gasteiger partial charge in [0, 0.05) is 19.5 Å². The van der Waals surface area contributed by atoms with Crippen molar-refractivity contribution in [2.24, 2.45) is 0 Å². The second-order valence-electron chi connectivity index (χ2n) is 8.14. The molecule has 0 saturated heterocycles. The second-order valence-corrected chi connectivity index (χ2v) is 8.14. The lowest BCUT2D eigenvalue weighted by Gasteiger charge is -2.27. The van der Waals surface area contributed by atoms with E-state index in [0.717, 1.165) is 11.1 Å². The molecule has 0 aliphatic rings. The smallest absolute Gasteiger partial charge is 0.242 e. The quantitative estimate of drug-likeness (QED) is 0.432. The molecular formula is C27H30N2O4. The summed E-state index contributed by atoms with van der Waals surface area (Å²) >= 11 is 0. The predicted octanol–water partition coefficient (Wildman–Crippen LogP) is 4.44. The standard InChI is InChI=1S/C27H30N2O4/c1-4-9-25(30)28(14-5-2)18-26(31)29(16-21-10-7-6-8-11-21)17-22-19-33-24-13-12-20(3)15-23(24)27(22)32/h5-8,10-13,15,19H,2,4,9,14,16-18H2,1,3H3. The van der Waals surface area contributed by atoms with Crippen LogP contribution in [0.4, 0.5) is 0 Å². The number of fused-ring (bicyclic) bond motifs is 1. The Bertz CT molecular complexity index is 1180. The number of amides is 2. The number of carbonyl (C=O) groups is 2. The highest BCUT2D eigenvalue weighted by atomic mass is 16.3. The second kappa shape index (κ2) is 11.3. The molecule has 0 atom stereocenters. The van der Waals surface area contributed by atoms with Gasteiger partial charge in [-0.25, -0.2) is 0 Å². The van der Waals surface area contributed by atoms with Gasteiger partial charge in [0.15, 0.2) is 5.43 Å². The number of carbonyl (C=O) groups excluding carboxylic acids is 2. The monoisotopic (exact) mass is 446 g/mol. The lowest BCUT2D eigenvalue weighted by molar-refractivity contribution is -0.140. The third-order valence-corrected chi connectivity index (χ3v) is 5.42. The molecule has 33 heavy (non-hydrogen) atoms. The maximum absolute atomic E-state index is 13.3. The molecule has 0 radical (unpaired) electrons. The predicted molar refractivity (Wildman–Crippen MR) is 130 cm³/mol. The van der Waals surface area contributed by atoms with Crippen LogP contribution in [-0.2, 0) is 22.7 Å². The van der Waals surface area contributed by atoms with E-state index in [1.807, 2.05) is 50.2 Å². The number of nitrogens with zero attached hydrogens (tertiary/aromatic N) is 2. The first-order valence-corrected chi connectivity index (χ1v) is 11.1. The number of benzene rings is 2. The van der Waals surface area contributed by atoms with Crippen LogP contribution in [-0.4, -0.2) is 34.7 Å². The van der Waals surface area contributed by atoms with Gasteiger partial charge in [0.25, 0.3) is 0 Å². The van der Waals surface area contributed by atoms with E-state index in [4.69, 9.17) is 4.42 Å². The van der Waals surface area contributed by atoms with Gasteiger partial charge in [-0.3, -0.25) is 14.4 Å². The van der Waals surface area contributed by atoms with Crippen LogP contribution in [0, 0.1) is 6.92 Å². The number of hydrogen-bond acceptors (Lipinski definition) is 4. The molecule has 172 valence electrons. The normalized spacial score (nSPS) is 10.7. The summed E-state index contributed by atoms with van der Waals surface area (Å²) in [6.45, 7) is 8.17. The molecule has 2 amide bonds. The summed E-state index contributed by atoms with van der Waals surface area (Å²) in [5.41, 5.74) is 2.64. The Labute approximate surface area is 194 Å². The minimum absolute atomic E-state index is 0.0737. The molecule has 0 unspecified atom stereocenters. The molecule has 0 aliphatic carbocycles. The molecule has 2 aromatic carbocycles. The van der Waals surface area contributed by atoms with Crippen LogP contribution in [0.15, 0.2) is 76.7 Å². The SMILES string of the molecule is C=CCN(CC(=O)N(Cc1ccccc1)Cc1coc2ccc(C)cc2c1=O)C(=O)CCC. The molecule has 0 aliphatic heterocycles. The van der Waals surface area contributed by atoms with E-state index in [0.29, 0.717) is 42.5 Å². The lowest BCUT2D eigenvalue weighted by Crippen LogP contribution is -2.43. The summed E-state index contributed by atoms with van der Waals surface area (Å²) in [6.07, 6.45) is 4.11. The molecule has 0 N–H and O–H groups in total. The van der Waals surface area contributed by atoms with Crippen LogP contribution in [0.3, 0.4) is 0 Å². The summed E-state index contributed by atoms with van der Waals surface area (Å²) in [6, 6.07) is 15.0. The first kappa shape index (κ1) is 24.0. The Morgan fingerprint density at radius 3 is 2.48 bits per heavy atom. The highest BCUT2D eigenvalue weighted by molar-refractivity contribution is 5.85. The first-order chi connectivity index (χ1) is 15.9. The summed E-state index contributed by atoms with van der Waals surface area (Å²) in [5.74, 6) is -0.333. The van der Waals surface area contributed by atoms with E-state index in [-0.39, 0.29) is 30.3 Å². The highest BCUT2D eigenvalue weighted by Crippen LogP contribution is 2.16. The van der Waals surface area contributed by atoms with Crippen molar-refractivity contribution >= 4 is 22.8 Å². The van der Waals surface area contributed by atoms with Gasteiger partial charge in [-0.2, -0.15) is 0 Å². The van der Waals surface area contributed by atoms with Gasteiger partial charge in [0.05, 0.1) is 23.8 Å². The van der Waals surface area contributed by atoms with Crippen LogP contribution in [0.5, 0.6) is 0 Å². The van der Waals surface area contributed by atoms with Crippen molar-refractivity contribution in [3.8, 4) is 0 Å². The molecule has 3 rings (SSSR count). The average Bonchev–Trinajstić information content (AvgIpc) is 2.81. The third kappa shape index (κ3) is 6.19. The van der Waals surface area contributed by atoms with E-state index in [1.165, 1.54) is 11.2 Å². The van der Waals surface area contributed by atoms with Crippen LogP contribution < -0.4 is 5.43 Å². The molecule has 3 aromatic rings. The minimum Gasteiger partial charge on any atom is -0.464 e. The molecule has 0 saturated carbocycles. The first-order valence-electron chi connectivity index (χ1n) is 11.1. The van der Waals surface area contributed by atoms with Crippen molar-refractivity contribution in [3.05, 3.63) is 94.4 Å². The minimum atomic E-state index is -0.242. The Kier molecular flexibility index (Phi) is 8.19. The van der Waals surface area contributed by atoms with Gasteiger partial charge in [-0.1, -0.05) is 55.0 Å². The molecular weight excluding hydrogens is 416 g/mol. The molecule has 0 bridgehead atoms. The number of aryl methyl sites for hydroxylation is 1. The summed E-state index contributed by atoms with van der Waals surface area (Å²) in [7, 11) is 0. The third-order valence-electron chi connectivity index (χ3n) is 5.42. The molecule has 1 aromatic heterocycles. The maximum atomic E-state index is 13.3. The molecule has 6 heteroatoms. The van der Waals surface area contributed by atoms with Crippen molar-refractivity contribution in [2.45, 2.75) is 39.8 Å². The van der Waals surface area contributed by atoms with Crippen LogP contribution >= 0.6 is 0 Å². The van der Waals surface area contributed by atoms with E-state index >= 15 is 0 Å². The molecule has 0 spiro atoms. The number of hydrogen-bond donors (Lipinski definition) is 0. The highest BCUT2D eigenvalue weighted by Gasteiger charge is 2.22. The van der Waals surface area contributed by atoms with E-state index in [1.54, 1.807) is 23.1 Å². The van der Waals surface area contributed by atoms with Crippen molar-refractivity contribution in [1.82, 2.24) is 9.80 Å². The van der Waals surface area contributed by atoms with Crippen molar-refractivity contribution in [2.75, 3.05) is 13.1 Å². The Morgan fingerprint density at radius 1 is 1.03 bits per heavy atom. The van der Waals surface area contributed by atoms with Crippen molar-refractivity contribution in [1.29, 1.82) is 0 Å². The fourth-order valence-electron chi connectivity index (χ4n) is 3.68. The van der Waals surface area contributed by atoms with Gasteiger partial charge < -0.3 is 14.2 Å². The Morgan fingerprint density at radius 2 is 1.79 bits per heavy atom. The molecule has 6 nitrogen and oxygen atoms in total. The van der Waals surface area contributed by atoms with Gasteiger partial charge in [0.2, 0.25) is 11.8 Å². The zero-order valence-corrected chi connectivity index (χ0v) is 19.3. The van der Waals surface area contributed by atoms with E-state index in [9.17, 15) is 14.4 Å². The van der Waals surface area contributed by atoms with Gasteiger partial charge in [-0.15, -0.1) is 6.58 Å². The lowest BCUT2D eigenvalue weighted by atomic mass is 10.1. The van der Waals surface area contributed by atoms with Gasteiger partial charge >= 0.3 is 0 Å². The van der Waals surface area contributed by atoms with Crippen LogP contribution in [0.2, 0.25) is 0 Å². The Balaban J connectivity index is 1.91. The average molecular weight is 447 g/mol. The van der Waals surface area contributed by atoms with Crippen LogP contribution in [0.25, 0.3) is 11.0 Å². The van der Waals surface area contributed by atoms with Gasteiger partial charge in [0.1, 0.15) is 12.1 Å². The largest absolute Gasteiger partial charge is 0.464 e. The van der Waals surface area contributed by atoms with Crippen molar-refractivity contribution in [3.63, 3.8) is 0 Å². The Hall–Kier alpha value is -3.67. The molecule has 0 fully saturated rings. The topological polar surface area (TPSA) is 70.8 Å². The van der Waals surface area contributed by atoms with Gasteiger partial charge in [-0.05, 0) is 31.0 Å². The van der Waals surface area contributed by atoms with E-state index < -0.39 is 0 Å². The summed E-state index contributed by atoms with van der Waals surface area (Å²) in [4.78, 5) is 42.1. The van der Waals surface area contributed by atoms with Crippen molar-refractivity contribution < 1.29 is 14.0 Å². The maximum Gasteiger partial charge on any atom is 0.242 e. The van der Waals surface area contributed by atoms with E-state index in [2.05, 4.69) is 6.58 Å². The fraction of sp³-hybridized carbons (Fsp3) is 0.296. The molecule has 1 heterocycles.